The summed E-state index contributed by atoms with van der Waals surface area (Å²) in [6.45, 7) is 3.52. The molecule has 0 aliphatic rings. The van der Waals surface area contributed by atoms with Crippen LogP contribution in [0.25, 0.3) is 6.08 Å². The number of hydrogen-bond acceptors (Lipinski definition) is 3. The van der Waals surface area contributed by atoms with Crippen LogP contribution >= 0.6 is 23.2 Å². The van der Waals surface area contributed by atoms with Crippen LogP contribution in [0.5, 0.6) is 0 Å². The van der Waals surface area contributed by atoms with Gasteiger partial charge in [0, 0.05) is 10.0 Å². The number of halogens is 2. The largest absolute Gasteiger partial charge is 0.477 e. The van der Waals surface area contributed by atoms with Crippen molar-refractivity contribution in [2.45, 2.75) is 26.4 Å². The van der Waals surface area contributed by atoms with Gasteiger partial charge in [-0.25, -0.2) is 9.59 Å². The molecule has 1 N–H and O–H groups in total. The van der Waals surface area contributed by atoms with Crippen LogP contribution in [0.2, 0.25) is 10.0 Å². The summed E-state index contributed by atoms with van der Waals surface area (Å²) in [5.74, 6) is -2.26. The molecule has 0 fully saturated rings. The highest BCUT2D eigenvalue weighted by atomic mass is 35.5. The highest BCUT2D eigenvalue weighted by Gasteiger charge is 2.21. The fourth-order valence-electron chi connectivity index (χ4n) is 1.31. The number of carboxylic acid groups (broad SMARTS) is 1. The average molecular weight is 317 g/mol. The summed E-state index contributed by atoms with van der Waals surface area (Å²) < 4.78 is 5.00. The molecular formula is C14H14Cl2O4. The van der Waals surface area contributed by atoms with Crippen molar-refractivity contribution in [3.8, 4) is 0 Å². The molecule has 0 amide bonds. The number of hydrogen-bond donors (Lipinski definition) is 1. The van der Waals surface area contributed by atoms with E-state index in [1.165, 1.54) is 18.2 Å². The van der Waals surface area contributed by atoms with Crippen molar-refractivity contribution in [1.29, 1.82) is 0 Å². The van der Waals surface area contributed by atoms with Gasteiger partial charge >= 0.3 is 11.9 Å². The lowest BCUT2D eigenvalue weighted by atomic mass is 10.1. The van der Waals surface area contributed by atoms with Crippen LogP contribution in [0.15, 0.2) is 23.8 Å². The van der Waals surface area contributed by atoms with Crippen LogP contribution in [0.1, 0.15) is 25.8 Å². The highest BCUT2D eigenvalue weighted by molar-refractivity contribution is 6.35. The summed E-state index contributed by atoms with van der Waals surface area (Å²) in [5.41, 5.74) is -0.0934. The number of ether oxygens (including phenoxy) is 1. The van der Waals surface area contributed by atoms with Crippen LogP contribution in [0.3, 0.4) is 0 Å². The lowest BCUT2D eigenvalue weighted by Crippen LogP contribution is -2.20. The van der Waals surface area contributed by atoms with E-state index in [4.69, 9.17) is 33.0 Å². The number of carbonyl (C=O) groups excluding carboxylic acids is 1. The first-order valence-corrected chi connectivity index (χ1v) is 6.71. The summed E-state index contributed by atoms with van der Waals surface area (Å²) in [6, 6.07) is 4.55. The number of aliphatic carboxylic acids is 1. The van der Waals surface area contributed by atoms with Crippen LogP contribution in [0, 0.1) is 0 Å². The van der Waals surface area contributed by atoms with Crippen LogP contribution < -0.4 is 0 Å². The summed E-state index contributed by atoms with van der Waals surface area (Å²) in [6.07, 6.45) is 1.41. The van der Waals surface area contributed by atoms with E-state index >= 15 is 0 Å². The predicted octanol–water partition coefficient (Wildman–Crippen LogP) is 3.80. The second kappa shape index (κ2) is 7.31. The molecule has 0 saturated carbocycles. The molecule has 20 heavy (non-hydrogen) atoms. The molecule has 4 nitrogen and oxygen atoms in total. The minimum atomic E-state index is -1.37. The molecule has 0 saturated heterocycles. The number of esters is 1. The molecule has 0 aliphatic carbocycles. The summed E-state index contributed by atoms with van der Waals surface area (Å²) >= 11 is 11.7. The Bertz CT molecular complexity index is 552. The fraction of sp³-hybridized carbons (Fsp3) is 0.286. The van der Waals surface area contributed by atoms with Crippen molar-refractivity contribution in [2.24, 2.45) is 0 Å². The average Bonchev–Trinajstić information content (AvgIpc) is 2.36. The maximum absolute atomic E-state index is 11.8. The van der Waals surface area contributed by atoms with Crippen molar-refractivity contribution >= 4 is 41.2 Å². The maximum atomic E-state index is 11.8. The van der Waals surface area contributed by atoms with Crippen LogP contribution in [-0.4, -0.2) is 23.1 Å². The molecule has 0 spiro atoms. The highest BCUT2D eigenvalue weighted by Crippen LogP contribution is 2.23. The molecule has 0 aliphatic heterocycles. The normalized spacial score (nSPS) is 12.9. The SMILES string of the molecule is CCC(C)OC(=O)C(=Cc1ccc(Cl)cc1Cl)C(=O)O. The topological polar surface area (TPSA) is 63.6 Å². The number of carbonyl (C=O) groups is 2. The van der Waals surface area contributed by atoms with E-state index < -0.39 is 17.5 Å². The molecule has 0 heterocycles. The molecule has 1 aromatic carbocycles. The Morgan fingerprint density at radius 2 is 2.05 bits per heavy atom. The first-order chi connectivity index (χ1) is 9.35. The molecule has 6 heteroatoms. The monoisotopic (exact) mass is 316 g/mol. The summed E-state index contributed by atoms with van der Waals surface area (Å²) in [4.78, 5) is 23.0. The van der Waals surface area contributed by atoms with E-state index in [2.05, 4.69) is 0 Å². The Morgan fingerprint density at radius 3 is 2.55 bits per heavy atom. The van der Waals surface area contributed by atoms with Gasteiger partial charge in [0.25, 0.3) is 0 Å². The third-order valence-corrected chi connectivity index (χ3v) is 3.16. The molecular weight excluding hydrogens is 303 g/mol. The fourth-order valence-corrected chi connectivity index (χ4v) is 1.77. The Kier molecular flexibility index (Phi) is 6.05. The van der Waals surface area contributed by atoms with Crippen LogP contribution in [-0.2, 0) is 14.3 Å². The summed E-state index contributed by atoms with van der Waals surface area (Å²) in [5, 5.41) is 9.78. The van der Waals surface area contributed by atoms with Crippen molar-refractivity contribution < 1.29 is 19.4 Å². The van der Waals surface area contributed by atoms with Gasteiger partial charge in [0.1, 0.15) is 5.57 Å². The molecule has 0 bridgehead atoms. The van der Waals surface area contributed by atoms with Crippen molar-refractivity contribution in [2.75, 3.05) is 0 Å². The maximum Gasteiger partial charge on any atom is 0.345 e. The van der Waals surface area contributed by atoms with E-state index in [-0.39, 0.29) is 11.1 Å². The van der Waals surface area contributed by atoms with Gasteiger partial charge in [0.05, 0.1) is 6.10 Å². The second-order valence-electron chi connectivity index (χ2n) is 4.15. The standard InChI is InChI=1S/C14H14Cl2O4/c1-3-8(2)20-14(19)11(13(17)18)6-9-4-5-10(15)7-12(9)16/h4-8H,3H2,1-2H3,(H,17,18). The van der Waals surface area contributed by atoms with Gasteiger partial charge < -0.3 is 9.84 Å². The lowest BCUT2D eigenvalue weighted by Gasteiger charge is -2.11. The zero-order chi connectivity index (χ0) is 15.3. The third-order valence-electron chi connectivity index (χ3n) is 2.60. The molecule has 1 unspecified atom stereocenters. The van der Waals surface area contributed by atoms with E-state index in [0.717, 1.165) is 0 Å². The second-order valence-corrected chi connectivity index (χ2v) is 5.00. The van der Waals surface area contributed by atoms with E-state index in [0.29, 0.717) is 17.0 Å². The predicted molar refractivity (Wildman–Crippen MR) is 77.9 cm³/mol. The van der Waals surface area contributed by atoms with E-state index in [9.17, 15) is 9.59 Å². The number of benzene rings is 1. The minimum absolute atomic E-state index is 0.257. The van der Waals surface area contributed by atoms with Crippen molar-refractivity contribution in [3.05, 3.63) is 39.4 Å². The van der Waals surface area contributed by atoms with Gasteiger partial charge in [-0.3, -0.25) is 0 Å². The summed E-state index contributed by atoms with van der Waals surface area (Å²) in [7, 11) is 0. The molecule has 1 rings (SSSR count). The van der Waals surface area contributed by atoms with Gasteiger partial charge in [-0.1, -0.05) is 36.2 Å². The van der Waals surface area contributed by atoms with Gasteiger partial charge in [-0.05, 0) is 37.1 Å². The van der Waals surface area contributed by atoms with Crippen molar-refractivity contribution in [3.63, 3.8) is 0 Å². The van der Waals surface area contributed by atoms with Crippen LogP contribution in [0.4, 0.5) is 0 Å². The Morgan fingerprint density at radius 1 is 1.40 bits per heavy atom. The molecule has 0 radical (unpaired) electrons. The lowest BCUT2D eigenvalue weighted by molar-refractivity contribution is -0.147. The van der Waals surface area contributed by atoms with E-state index in [1.807, 2.05) is 6.92 Å². The zero-order valence-electron chi connectivity index (χ0n) is 11.0. The molecule has 1 atom stereocenters. The van der Waals surface area contributed by atoms with Gasteiger partial charge in [0.2, 0.25) is 0 Å². The Hall–Kier alpha value is -1.52. The van der Waals surface area contributed by atoms with Crippen molar-refractivity contribution in [1.82, 2.24) is 0 Å². The zero-order valence-corrected chi connectivity index (χ0v) is 12.5. The Balaban J connectivity index is 3.10. The van der Waals surface area contributed by atoms with Gasteiger partial charge in [-0.2, -0.15) is 0 Å². The Labute approximate surface area is 126 Å². The quantitative estimate of drug-likeness (QED) is 0.388. The minimum Gasteiger partial charge on any atom is -0.477 e. The number of carboxylic acids is 1. The molecule has 108 valence electrons. The third kappa shape index (κ3) is 4.54. The number of rotatable bonds is 5. The molecule has 0 aromatic heterocycles. The first kappa shape index (κ1) is 16.5. The smallest absolute Gasteiger partial charge is 0.345 e. The van der Waals surface area contributed by atoms with E-state index in [1.54, 1.807) is 13.0 Å². The van der Waals surface area contributed by atoms with Gasteiger partial charge in [0.15, 0.2) is 0 Å². The molecule has 1 aromatic rings. The first-order valence-electron chi connectivity index (χ1n) is 5.96. The van der Waals surface area contributed by atoms with Gasteiger partial charge in [-0.15, -0.1) is 0 Å².